The number of morpholine rings is 1. The molecule has 0 saturated carbocycles. The first-order valence-corrected chi connectivity index (χ1v) is 10.9. The first-order valence-electron chi connectivity index (χ1n) is 10.9. The summed E-state index contributed by atoms with van der Waals surface area (Å²) in [6, 6.07) is 10.5. The van der Waals surface area contributed by atoms with Crippen molar-refractivity contribution in [3.63, 3.8) is 0 Å². The number of carbonyl (C=O) groups is 2. The molecule has 10 nitrogen and oxygen atoms in total. The van der Waals surface area contributed by atoms with Crippen LogP contribution in [0.25, 0.3) is 16.9 Å². The number of halogens is 1. The standard InChI is InChI=1S/C25H19FN6O4/c26-20-14-18(36-25(34)24(33)31-9-11-35-12-10-31)3-4-19(20)21-5-6-23-29-15-17(32(23)30-21)2-1-16-7-8-28-22(27)13-16/h3-8,13-15H,9-12H2,(H2,27,28). The third-order valence-corrected chi connectivity index (χ3v) is 5.38. The van der Waals surface area contributed by atoms with Crippen LogP contribution >= 0.6 is 0 Å². The Labute approximate surface area is 204 Å². The molecule has 3 aromatic heterocycles. The molecule has 4 aromatic rings. The highest BCUT2D eigenvalue weighted by Crippen LogP contribution is 2.25. The third-order valence-electron chi connectivity index (χ3n) is 5.38. The number of hydrogen-bond acceptors (Lipinski definition) is 8. The van der Waals surface area contributed by atoms with Gasteiger partial charge in [-0.3, -0.25) is 4.79 Å². The summed E-state index contributed by atoms with van der Waals surface area (Å²) in [6.45, 7) is 1.30. The van der Waals surface area contributed by atoms with Crippen molar-refractivity contribution in [3.05, 3.63) is 71.9 Å². The van der Waals surface area contributed by atoms with E-state index >= 15 is 0 Å². The molecule has 1 fully saturated rings. The van der Waals surface area contributed by atoms with E-state index in [9.17, 15) is 14.0 Å². The largest absolute Gasteiger partial charge is 0.419 e. The zero-order chi connectivity index (χ0) is 25.1. The minimum Gasteiger partial charge on any atom is -0.419 e. The summed E-state index contributed by atoms with van der Waals surface area (Å²) in [5.41, 5.74) is 7.88. The fourth-order valence-corrected chi connectivity index (χ4v) is 3.58. The summed E-state index contributed by atoms with van der Waals surface area (Å²) < 4.78 is 26.7. The number of nitrogens with zero attached hydrogens (tertiary/aromatic N) is 5. The second kappa shape index (κ2) is 9.81. The van der Waals surface area contributed by atoms with Crippen molar-refractivity contribution in [1.29, 1.82) is 0 Å². The van der Waals surface area contributed by atoms with Gasteiger partial charge in [-0.2, -0.15) is 5.10 Å². The van der Waals surface area contributed by atoms with E-state index in [1.165, 1.54) is 21.5 Å². The Bertz CT molecular complexity index is 1530. The molecule has 0 aliphatic carbocycles. The lowest BCUT2D eigenvalue weighted by Crippen LogP contribution is -2.45. The van der Waals surface area contributed by atoms with Gasteiger partial charge in [-0.1, -0.05) is 5.92 Å². The second-order valence-corrected chi connectivity index (χ2v) is 7.79. The number of fused-ring (bicyclic) bond motifs is 1. The second-order valence-electron chi connectivity index (χ2n) is 7.79. The number of carbonyl (C=O) groups excluding carboxylic acids is 2. The smallest absolute Gasteiger partial charge is 0.402 e. The molecule has 11 heteroatoms. The summed E-state index contributed by atoms with van der Waals surface area (Å²) in [5.74, 6) is 3.68. The van der Waals surface area contributed by atoms with Gasteiger partial charge in [0.25, 0.3) is 0 Å². The van der Waals surface area contributed by atoms with Gasteiger partial charge in [0, 0.05) is 36.5 Å². The Hall–Kier alpha value is -4.82. The van der Waals surface area contributed by atoms with Crippen LogP contribution in [0, 0.1) is 17.7 Å². The molecule has 1 aliphatic heterocycles. The molecule has 5 rings (SSSR count). The average molecular weight is 486 g/mol. The number of nitrogens with two attached hydrogens (primary N) is 1. The van der Waals surface area contributed by atoms with Crippen molar-refractivity contribution in [1.82, 2.24) is 24.5 Å². The Balaban J connectivity index is 1.37. The van der Waals surface area contributed by atoms with E-state index in [1.54, 1.807) is 36.7 Å². The van der Waals surface area contributed by atoms with Gasteiger partial charge < -0.3 is 20.1 Å². The molecule has 36 heavy (non-hydrogen) atoms. The van der Waals surface area contributed by atoms with Gasteiger partial charge >= 0.3 is 11.9 Å². The number of anilines is 1. The Kier molecular flexibility index (Phi) is 6.25. The lowest BCUT2D eigenvalue weighted by molar-refractivity contribution is -0.156. The molecular formula is C25H19FN6O4. The molecule has 1 saturated heterocycles. The van der Waals surface area contributed by atoms with Gasteiger partial charge in [0.2, 0.25) is 0 Å². The summed E-state index contributed by atoms with van der Waals surface area (Å²) in [6.07, 6.45) is 3.13. The first-order chi connectivity index (χ1) is 17.5. The maximum Gasteiger partial charge on any atom is 0.402 e. The number of ether oxygens (including phenoxy) is 2. The average Bonchev–Trinajstić information content (AvgIpc) is 3.30. The lowest BCUT2D eigenvalue weighted by Gasteiger charge is -2.25. The number of rotatable bonds is 2. The first kappa shape index (κ1) is 22.9. The molecule has 2 N–H and O–H groups in total. The molecule has 1 aromatic carbocycles. The van der Waals surface area contributed by atoms with Crippen molar-refractivity contribution in [2.24, 2.45) is 0 Å². The summed E-state index contributed by atoms with van der Waals surface area (Å²) in [5, 5.41) is 4.47. The minimum atomic E-state index is -1.08. The fourth-order valence-electron chi connectivity index (χ4n) is 3.58. The molecule has 4 heterocycles. The number of amides is 1. The van der Waals surface area contributed by atoms with Crippen LogP contribution in [0.15, 0.2) is 54.9 Å². The van der Waals surface area contributed by atoms with E-state index < -0.39 is 17.7 Å². The van der Waals surface area contributed by atoms with Crippen molar-refractivity contribution < 1.29 is 23.5 Å². The topological polar surface area (TPSA) is 125 Å². The van der Waals surface area contributed by atoms with Crippen LogP contribution in [-0.2, 0) is 14.3 Å². The van der Waals surface area contributed by atoms with Crippen LogP contribution in [0.2, 0.25) is 0 Å². The highest BCUT2D eigenvalue weighted by Gasteiger charge is 2.26. The van der Waals surface area contributed by atoms with E-state index in [-0.39, 0.29) is 11.3 Å². The Morgan fingerprint density at radius 3 is 2.67 bits per heavy atom. The maximum absolute atomic E-state index is 15.0. The van der Waals surface area contributed by atoms with Gasteiger partial charge in [-0.05, 0) is 42.3 Å². The summed E-state index contributed by atoms with van der Waals surface area (Å²) in [7, 11) is 0. The number of imidazole rings is 1. The monoisotopic (exact) mass is 486 g/mol. The van der Waals surface area contributed by atoms with Crippen molar-refractivity contribution >= 4 is 23.3 Å². The molecule has 0 radical (unpaired) electrons. The van der Waals surface area contributed by atoms with Gasteiger partial charge in [-0.25, -0.2) is 23.7 Å². The summed E-state index contributed by atoms with van der Waals surface area (Å²) >= 11 is 0. The Morgan fingerprint density at radius 2 is 1.89 bits per heavy atom. The predicted molar refractivity (Wildman–Crippen MR) is 126 cm³/mol. The van der Waals surface area contributed by atoms with Crippen LogP contribution in [0.5, 0.6) is 5.75 Å². The third kappa shape index (κ3) is 4.84. The van der Waals surface area contributed by atoms with Gasteiger partial charge in [0.1, 0.15) is 23.1 Å². The lowest BCUT2D eigenvalue weighted by atomic mass is 10.1. The van der Waals surface area contributed by atoms with Crippen LogP contribution in [0.1, 0.15) is 11.3 Å². The van der Waals surface area contributed by atoms with Crippen LogP contribution in [0.3, 0.4) is 0 Å². The quantitative estimate of drug-likeness (QED) is 0.196. The summed E-state index contributed by atoms with van der Waals surface area (Å²) in [4.78, 5) is 34.0. The number of benzene rings is 1. The molecule has 0 atom stereocenters. The normalized spacial score (nSPS) is 13.2. The fraction of sp³-hybridized carbons (Fsp3) is 0.160. The zero-order valence-corrected chi connectivity index (χ0v) is 18.8. The predicted octanol–water partition coefficient (Wildman–Crippen LogP) is 1.68. The molecule has 180 valence electrons. The van der Waals surface area contributed by atoms with Gasteiger partial charge in [0.15, 0.2) is 5.65 Å². The van der Waals surface area contributed by atoms with Crippen LogP contribution < -0.4 is 10.5 Å². The van der Waals surface area contributed by atoms with E-state index in [0.717, 1.165) is 6.07 Å². The molecule has 1 amide bonds. The number of esters is 1. The number of hydrogen-bond donors (Lipinski definition) is 1. The maximum atomic E-state index is 15.0. The molecule has 0 spiro atoms. The Morgan fingerprint density at radius 1 is 1.06 bits per heavy atom. The van der Waals surface area contributed by atoms with Crippen LogP contribution in [-0.4, -0.2) is 62.7 Å². The van der Waals surface area contributed by atoms with Gasteiger partial charge in [0.05, 0.1) is 25.1 Å². The van der Waals surface area contributed by atoms with Crippen LogP contribution in [0.4, 0.5) is 10.2 Å². The van der Waals surface area contributed by atoms with E-state index in [2.05, 4.69) is 26.9 Å². The SMILES string of the molecule is Nc1cc(C#Cc2cnc3ccc(-c4ccc(OC(=O)C(=O)N5CCOCC5)cc4F)nn23)ccn1. The molecule has 1 aliphatic rings. The zero-order valence-electron chi connectivity index (χ0n) is 18.8. The van der Waals surface area contributed by atoms with Crippen molar-refractivity contribution in [3.8, 4) is 28.8 Å². The van der Waals surface area contributed by atoms with Gasteiger partial charge in [-0.15, -0.1) is 0 Å². The van der Waals surface area contributed by atoms with Crippen molar-refractivity contribution in [2.45, 2.75) is 0 Å². The van der Waals surface area contributed by atoms with E-state index in [1.807, 2.05) is 0 Å². The minimum absolute atomic E-state index is 0.0882. The van der Waals surface area contributed by atoms with E-state index in [0.29, 0.717) is 54.7 Å². The van der Waals surface area contributed by atoms with Crippen molar-refractivity contribution in [2.75, 3.05) is 32.0 Å². The van der Waals surface area contributed by atoms with E-state index in [4.69, 9.17) is 15.2 Å². The molecule has 0 bridgehead atoms. The molecule has 0 unspecified atom stereocenters. The molecular weight excluding hydrogens is 467 g/mol. The number of pyridine rings is 1. The highest BCUT2D eigenvalue weighted by atomic mass is 19.1. The number of nitrogen functional groups attached to an aromatic ring is 1. The highest BCUT2D eigenvalue weighted by molar-refractivity contribution is 6.33. The number of aromatic nitrogens is 4.